The van der Waals surface area contributed by atoms with Gasteiger partial charge in [-0.15, -0.1) is 0 Å². The molecule has 11 rings (SSSR count). The van der Waals surface area contributed by atoms with Crippen molar-refractivity contribution in [3.63, 3.8) is 0 Å². The van der Waals surface area contributed by atoms with E-state index in [0.29, 0.717) is 0 Å². The van der Waals surface area contributed by atoms with Gasteiger partial charge in [0.1, 0.15) is 0 Å². The van der Waals surface area contributed by atoms with E-state index in [1.54, 1.807) is 0 Å². The number of hydrogen-bond acceptors (Lipinski definition) is 2. The van der Waals surface area contributed by atoms with E-state index in [9.17, 15) is 0 Å². The summed E-state index contributed by atoms with van der Waals surface area (Å²) in [7, 11) is 0. The predicted molar refractivity (Wildman–Crippen MR) is 195 cm³/mol. The van der Waals surface area contributed by atoms with Crippen LogP contribution in [0.2, 0.25) is 0 Å². The molecule has 46 heavy (non-hydrogen) atoms. The molecule has 0 unspecified atom stereocenters. The van der Waals surface area contributed by atoms with Gasteiger partial charge in [-0.3, -0.25) is 0 Å². The molecule has 4 heterocycles. The van der Waals surface area contributed by atoms with Crippen LogP contribution in [0.3, 0.4) is 0 Å². The Morgan fingerprint density at radius 3 is 1.70 bits per heavy atom. The highest BCUT2D eigenvalue weighted by atomic mass is 15.2. The van der Waals surface area contributed by atoms with Crippen molar-refractivity contribution < 1.29 is 0 Å². The minimum atomic E-state index is 0.0867. The van der Waals surface area contributed by atoms with Crippen LogP contribution in [-0.4, -0.2) is 11.1 Å². The first-order valence-electron chi connectivity index (χ1n) is 16.0. The summed E-state index contributed by atoms with van der Waals surface area (Å²) in [4.78, 5) is 4.94. The Morgan fingerprint density at radius 2 is 0.935 bits per heavy atom. The van der Waals surface area contributed by atoms with Crippen LogP contribution in [0, 0.1) is 0 Å². The Morgan fingerprint density at radius 1 is 0.370 bits per heavy atom. The lowest BCUT2D eigenvalue weighted by atomic mass is 9.33. The number of rotatable bonds is 2. The summed E-state index contributed by atoms with van der Waals surface area (Å²) in [5.41, 5.74) is 15.1. The van der Waals surface area contributed by atoms with Crippen LogP contribution in [0.15, 0.2) is 158 Å². The fraction of sp³-hybridized carbons (Fsp3) is 0. The molecular formula is C42H26BN3. The van der Waals surface area contributed by atoms with Gasteiger partial charge in [-0.25, -0.2) is 0 Å². The maximum atomic E-state index is 2.51. The second-order valence-electron chi connectivity index (χ2n) is 12.5. The molecule has 0 N–H and O–H groups in total. The van der Waals surface area contributed by atoms with Gasteiger partial charge in [0, 0.05) is 55.7 Å². The van der Waals surface area contributed by atoms with Crippen molar-refractivity contribution in [1.29, 1.82) is 0 Å². The SMILES string of the molecule is c1ccc(N2c3ccccc3B3c4cc5c(cc4N(c4ccccc4)c4cccc2c43)c2cccc3c4ccccc4n5c32)cc1. The second-order valence-corrected chi connectivity index (χ2v) is 12.5. The third kappa shape index (κ3) is 2.99. The molecule has 0 aliphatic carbocycles. The molecule has 0 spiro atoms. The molecule has 212 valence electrons. The van der Waals surface area contributed by atoms with Crippen LogP contribution in [-0.2, 0) is 0 Å². The van der Waals surface area contributed by atoms with Gasteiger partial charge in [-0.05, 0) is 77.1 Å². The Hall–Kier alpha value is -6.00. The topological polar surface area (TPSA) is 10.9 Å². The highest BCUT2D eigenvalue weighted by Gasteiger charge is 2.43. The van der Waals surface area contributed by atoms with E-state index in [-0.39, 0.29) is 6.71 Å². The third-order valence-corrected chi connectivity index (χ3v) is 10.3. The van der Waals surface area contributed by atoms with Gasteiger partial charge in [-0.2, -0.15) is 0 Å². The van der Waals surface area contributed by atoms with Gasteiger partial charge >= 0.3 is 0 Å². The molecule has 0 saturated heterocycles. The van der Waals surface area contributed by atoms with E-state index in [1.165, 1.54) is 88.6 Å². The number of para-hydroxylation sites is 5. The molecular weight excluding hydrogens is 557 g/mol. The van der Waals surface area contributed by atoms with Gasteiger partial charge in [0.2, 0.25) is 0 Å². The van der Waals surface area contributed by atoms with Crippen LogP contribution in [0.25, 0.3) is 38.1 Å². The maximum Gasteiger partial charge on any atom is 0.252 e. The molecule has 2 aliphatic rings. The zero-order valence-corrected chi connectivity index (χ0v) is 24.9. The van der Waals surface area contributed by atoms with Gasteiger partial charge in [0.25, 0.3) is 6.71 Å². The monoisotopic (exact) mass is 583 g/mol. The molecule has 4 heteroatoms. The molecule has 9 aromatic rings. The number of nitrogens with zero attached hydrogens (tertiary/aromatic N) is 3. The predicted octanol–water partition coefficient (Wildman–Crippen LogP) is 8.92. The highest BCUT2D eigenvalue weighted by molar-refractivity contribution is 7.00. The van der Waals surface area contributed by atoms with Crippen LogP contribution in [0.5, 0.6) is 0 Å². The number of aromatic nitrogens is 1. The lowest BCUT2D eigenvalue weighted by Gasteiger charge is -2.44. The van der Waals surface area contributed by atoms with Crippen LogP contribution in [0.4, 0.5) is 34.1 Å². The minimum Gasteiger partial charge on any atom is -0.311 e. The van der Waals surface area contributed by atoms with Crippen LogP contribution in [0.1, 0.15) is 0 Å². The van der Waals surface area contributed by atoms with Crippen molar-refractivity contribution in [2.45, 2.75) is 0 Å². The van der Waals surface area contributed by atoms with E-state index in [0.717, 1.165) is 0 Å². The summed E-state index contributed by atoms with van der Waals surface area (Å²) in [5.74, 6) is 0. The molecule has 0 saturated carbocycles. The molecule has 0 amide bonds. The summed E-state index contributed by atoms with van der Waals surface area (Å²) in [6.45, 7) is 0.0867. The lowest BCUT2D eigenvalue weighted by Crippen LogP contribution is -2.61. The fourth-order valence-corrected chi connectivity index (χ4v) is 8.52. The summed E-state index contributed by atoms with van der Waals surface area (Å²) < 4.78 is 2.51. The summed E-state index contributed by atoms with van der Waals surface area (Å²) in [6.07, 6.45) is 0. The van der Waals surface area contributed by atoms with Crippen molar-refractivity contribution in [3.05, 3.63) is 158 Å². The number of fused-ring (bicyclic) bond motifs is 10. The number of hydrogen-bond donors (Lipinski definition) is 0. The average Bonchev–Trinajstić information content (AvgIpc) is 3.63. The van der Waals surface area contributed by atoms with E-state index in [1.807, 2.05) is 0 Å². The molecule has 3 nitrogen and oxygen atoms in total. The Kier molecular flexibility index (Phi) is 4.66. The zero-order valence-electron chi connectivity index (χ0n) is 24.9. The van der Waals surface area contributed by atoms with Gasteiger partial charge in [0.05, 0.1) is 16.6 Å². The Bertz CT molecular complexity index is 2660. The average molecular weight is 584 g/mol. The van der Waals surface area contributed by atoms with Crippen molar-refractivity contribution >= 4 is 95.3 Å². The smallest absolute Gasteiger partial charge is 0.252 e. The van der Waals surface area contributed by atoms with Crippen molar-refractivity contribution in [1.82, 2.24) is 4.40 Å². The number of anilines is 6. The largest absolute Gasteiger partial charge is 0.311 e. The van der Waals surface area contributed by atoms with E-state index < -0.39 is 0 Å². The third-order valence-electron chi connectivity index (χ3n) is 10.3. The minimum absolute atomic E-state index is 0.0867. The number of benzene rings is 7. The first kappa shape index (κ1) is 24.3. The highest BCUT2D eigenvalue weighted by Crippen LogP contribution is 2.46. The van der Waals surface area contributed by atoms with Crippen LogP contribution < -0.4 is 26.2 Å². The van der Waals surface area contributed by atoms with Gasteiger partial charge < -0.3 is 14.2 Å². The first-order chi connectivity index (χ1) is 22.9. The Balaban J connectivity index is 1.31. The van der Waals surface area contributed by atoms with Crippen LogP contribution >= 0.6 is 0 Å². The molecule has 2 aliphatic heterocycles. The van der Waals surface area contributed by atoms with Crippen molar-refractivity contribution in [3.8, 4) is 0 Å². The summed E-state index contributed by atoms with van der Waals surface area (Å²) >= 11 is 0. The van der Waals surface area contributed by atoms with E-state index in [4.69, 9.17) is 0 Å². The van der Waals surface area contributed by atoms with Crippen molar-refractivity contribution in [2.75, 3.05) is 9.80 Å². The summed E-state index contributed by atoms with van der Waals surface area (Å²) in [5, 5.41) is 5.22. The molecule has 7 aromatic carbocycles. The fourth-order valence-electron chi connectivity index (χ4n) is 8.52. The Labute approximate surface area is 266 Å². The second kappa shape index (κ2) is 8.80. The molecule has 0 atom stereocenters. The molecule has 2 aromatic heterocycles. The first-order valence-corrected chi connectivity index (χ1v) is 16.0. The molecule has 0 fully saturated rings. The normalized spacial score (nSPS) is 13.5. The molecule has 0 radical (unpaired) electrons. The zero-order chi connectivity index (χ0) is 29.9. The maximum absolute atomic E-state index is 2.51. The van der Waals surface area contributed by atoms with E-state index >= 15 is 0 Å². The standard InChI is InChI=1S/C42H26BN3/c1-3-13-27(14-4-1)44-36-22-10-8-20-33(36)43-34-26-39-32(31-19-11-18-30-29-17-7-9-21-35(29)46(39)42(30)31)25-40(34)45(28-15-5-2-6-16-28)38-24-12-23-37(44)41(38)43/h1-26H. The van der Waals surface area contributed by atoms with Gasteiger partial charge in [-0.1, -0.05) is 97.1 Å². The molecule has 0 bridgehead atoms. The van der Waals surface area contributed by atoms with Crippen molar-refractivity contribution in [2.24, 2.45) is 0 Å². The quantitative estimate of drug-likeness (QED) is 0.188. The van der Waals surface area contributed by atoms with Gasteiger partial charge in [0.15, 0.2) is 0 Å². The lowest BCUT2D eigenvalue weighted by molar-refractivity contribution is 1.25. The summed E-state index contributed by atoms with van der Waals surface area (Å²) in [6, 6.07) is 58.1. The van der Waals surface area contributed by atoms with E-state index in [2.05, 4.69) is 172 Å².